The summed E-state index contributed by atoms with van der Waals surface area (Å²) < 4.78 is 5.19. The molecule has 0 spiro atoms. The quantitative estimate of drug-likeness (QED) is 0.545. The van der Waals surface area contributed by atoms with Crippen molar-refractivity contribution in [1.29, 1.82) is 0 Å². The molecule has 0 aromatic heterocycles. The largest absolute Gasteiger partial charge is 0.469 e. The van der Waals surface area contributed by atoms with Gasteiger partial charge in [-0.25, -0.2) is 0 Å². The van der Waals surface area contributed by atoms with Gasteiger partial charge in [0.2, 0.25) is 0 Å². The van der Waals surface area contributed by atoms with Gasteiger partial charge in [0.05, 0.1) is 31.3 Å². The Kier molecular flexibility index (Phi) is 5.64. The van der Waals surface area contributed by atoms with E-state index < -0.39 is 23.6 Å². The van der Waals surface area contributed by atoms with Crippen LogP contribution < -0.4 is 0 Å². The number of aliphatic hydroxyl groups is 3. The number of carbonyl (C=O) groups excluding carboxylic acids is 1. The predicted octanol–water partition coefficient (Wildman–Crippen LogP) is 4.36. The second kappa shape index (κ2) is 7.90. The lowest BCUT2D eigenvalue weighted by Crippen LogP contribution is -2.68. The van der Waals surface area contributed by atoms with Crippen molar-refractivity contribution in [2.24, 2.45) is 33.5 Å². The molecule has 0 heterocycles. The zero-order valence-corrected chi connectivity index (χ0v) is 22.1. The van der Waals surface area contributed by atoms with Gasteiger partial charge < -0.3 is 20.1 Å². The number of aliphatic hydroxyl groups excluding tert-OH is 3. The number of rotatable bonds is 2. The van der Waals surface area contributed by atoms with Gasteiger partial charge >= 0.3 is 5.97 Å². The first-order chi connectivity index (χ1) is 16.4. The van der Waals surface area contributed by atoms with Crippen LogP contribution in [0.4, 0.5) is 0 Å². The van der Waals surface area contributed by atoms with Crippen molar-refractivity contribution in [1.82, 2.24) is 0 Å². The zero-order valence-electron chi connectivity index (χ0n) is 22.1. The molecule has 1 aromatic carbocycles. The minimum atomic E-state index is -1.16. The molecule has 0 saturated heterocycles. The molecule has 0 aliphatic heterocycles. The summed E-state index contributed by atoms with van der Waals surface area (Å²) in [6.07, 6.45) is 4.99. The van der Waals surface area contributed by atoms with E-state index in [9.17, 15) is 20.1 Å². The van der Waals surface area contributed by atoms with Crippen molar-refractivity contribution < 1.29 is 24.9 Å². The fraction of sp³-hybridized carbons (Fsp3) is 0.700. The van der Waals surface area contributed by atoms with Crippen LogP contribution >= 0.6 is 0 Å². The molecule has 8 unspecified atom stereocenters. The first kappa shape index (κ1) is 25.0. The summed E-state index contributed by atoms with van der Waals surface area (Å²) in [6, 6.07) is 4.47. The SMILES string of the molecule is COC(=O)C1(C)C(O)C(O)CC2(C)C1CCC1(C)C2CC=C2c3c(ccc(C)c3C)CCC21CO. The first-order valence-electron chi connectivity index (χ1n) is 13.3. The van der Waals surface area contributed by atoms with Gasteiger partial charge in [0.15, 0.2) is 0 Å². The number of carbonyl (C=O) groups is 1. The molecule has 5 nitrogen and oxygen atoms in total. The van der Waals surface area contributed by atoms with Crippen molar-refractivity contribution >= 4 is 11.5 Å². The van der Waals surface area contributed by atoms with Gasteiger partial charge in [-0.05, 0) is 110 Å². The third-order valence-electron chi connectivity index (χ3n) is 11.6. The number of allylic oxidation sites excluding steroid dienone is 1. The lowest BCUT2D eigenvalue weighted by Gasteiger charge is -2.69. The molecule has 3 N–H and O–H groups in total. The zero-order chi connectivity index (χ0) is 25.6. The molecular formula is C30H42O5. The van der Waals surface area contributed by atoms with Crippen LogP contribution in [0, 0.1) is 47.3 Å². The average Bonchev–Trinajstić information content (AvgIpc) is 2.83. The third-order valence-corrected chi connectivity index (χ3v) is 11.6. The number of benzene rings is 1. The second-order valence-corrected chi connectivity index (χ2v) is 12.7. The number of fused-ring (bicyclic) bond motifs is 7. The van der Waals surface area contributed by atoms with Gasteiger partial charge in [-0.3, -0.25) is 4.79 Å². The van der Waals surface area contributed by atoms with Crippen LogP contribution in [0.1, 0.15) is 75.1 Å². The molecule has 1 aromatic rings. The van der Waals surface area contributed by atoms with Gasteiger partial charge in [0.25, 0.3) is 0 Å². The Bertz CT molecular complexity index is 1090. The van der Waals surface area contributed by atoms with Crippen molar-refractivity contribution in [3.63, 3.8) is 0 Å². The highest BCUT2D eigenvalue weighted by Gasteiger charge is 2.70. The van der Waals surface area contributed by atoms with Crippen molar-refractivity contribution in [3.8, 4) is 0 Å². The Labute approximate surface area is 209 Å². The van der Waals surface area contributed by atoms with Gasteiger partial charge in [0.1, 0.15) is 0 Å². The maximum atomic E-state index is 13.1. The Hall–Kier alpha value is -1.69. The number of esters is 1. The van der Waals surface area contributed by atoms with Gasteiger partial charge in [-0.2, -0.15) is 0 Å². The van der Waals surface area contributed by atoms with Crippen LogP contribution in [0.25, 0.3) is 5.57 Å². The van der Waals surface area contributed by atoms with Crippen LogP contribution in [0.5, 0.6) is 0 Å². The average molecular weight is 483 g/mol. The standard InChI is InChI=1S/C30H42O5/c1-17-7-8-19-11-14-30(16-31)20(24(19)18(17)2)9-10-22-27(3)15-21(32)25(33)29(5,26(34)35-6)23(27)12-13-28(22,30)4/h7-9,21-23,25,31-33H,10-16H2,1-6H3. The van der Waals surface area contributed by atoms with E-state index in [-0.39, 0.29) is 34.7 Å². The molecule has 4 aliphatic rings. The van der Waals surface area contributed by atoms with Crippen LogP contribution in [-0.4, -0.2) is 47.2 Å². The highest BCUT2D eigenvalue weighted by Crippen LogP contribution is 2.73. The smallest absolute Gasteiger partial charge is 0.314 e. The molecule has 0 amide bonds. The number of hydrogen-bond acceptors (Lipinski definition) is 5. The molecule has 0 bridgehead atoms. The summed E-state index contributed by atoms with van der Waals surface area (Å²) in [5.74, 6) is -0.378. The first-order valence-corrected chi connectivity index (χ1v) is 13.3. The van der Waals surface area contributed by atoms with Gasteiger partial charge in [-0.15, -0.1) is 0 Å². The normalized spacial score (nSPS) is 44.3. The Morgan fingerprint density at radius 3 is 2.49 bits per heavy atom. The van der Waals surface area contributed by atoms with Crippen molar-refractivity contribution in [3.05, 3.63) is 40.5 Å². The summed E-state index contributed by atoms with van der Waals surface area (Å²) in [4.78, 5) is 13.1. The van der Waals surface area contributed by atoms with E-state index in [0.29, 0.717) is 6.42 Å². The number of ether oxygens (including phenoxy) is 1. The molecule has 0 radical (unpaired) electrons. The van der Waals surface area contributed by atoms with Gasteiger partial charge in [-0.1, -0.05) is 32.1 Å². The van der Waals surface area contributed by atoms with Crippen LogP contribution in [-0.2, 0) is 16.0 Å². The summed E-state index contributed by atoms with van der Waals surface area (Å²) >= 11 is 0. The third kappa shape index (κ3) is 2.89. The highest BCUT2D eigenvalue weighted by molar-refractivity contribution is 5.80. The van der Waals surface area contributed by atoms with E-state index >= 15 is 0 Å². The number of methoxy groups -OCH3 is 1. The molecular weight excluding hydrogens is 440 g/mol. The minimum Gasteiger partial charge on any atom is -0.469 e. The highest BCUT2D eigenvalue weighted by atomic mass is 16.5. The van der Waals surface area contributed by atoms with Crippen molar-refractivity contribution in [2.75, 3.05) is 13.7 Å². The van der Waals surface area contributed by atoms with Crippen molar-refractivity contribution in [2.45, 2.75) is 85.4 Å². The molecule has 4 aliphatic carbocycles. The number of hydrogen-bond donors (Lipinski definition) is 3. The Balaban J connectivity index is 1.68. The van der Waals surface area contributed by atoms with Crippen LogP contribution in [0.2, 0.25) is 0 Å². The van der Waals surface area contributed by atoms with Crippen LogP contribution in [0.15, 0.2) is 18.2 Å². The topological polar surface area (TPSA) is 87.0 Å². The van der Waals surface area contributed by atoms with E-state index in [4.69, 9.17) is 4.74 Å². The fourth-order valence-corrected chi connectivity index (χ4v) is 9.59. The van der Waals surface area contributed by atoms with E-state index in [0.717, 1.165) is 32.1 Å². The van der Waals surface area contributed by atoms with E-state index in [2.05, 4.69) is 45.9 Å². The predicted molar refractivity (Wildman–Crippen MR) is 136 cm³/mol. The molecule has 2 saturated carbocycles. The van der Waals surface area contributed by atoms with E-state index in [1.165, 1.54) is 34.9 Å². The molecule has 5 heteroatoms. The lowest BCUT2D eigenvalue weighted by atomic mass is 9.35. The fourth-order valence-electron chi connectivity index (χ4n) is 9.59. The van der Waals surface area contributed by atoms with E-state index in [1.54, 1.807) is 6.92 Å². The lowest BCUT2D eigenvalue weighted by molar-refractivity contribution is -0.238. The summed E-state index contributed by atoms with van der Waals surface area (Å²) in [5.41, 5.74) is 4.50. The Morgan fingerprint density at radius 1 is 1.11 bits per heavy atom. The number of aryl methyl sites for hydroxylation is 2. The molecule has 35 heavy (non-hydrogen) atoms. The monoisotopic (exact) mass is 482 g/mol. The summed E-state index contributed by atoms with van der Waals surface area (Å²) in [5, 5.41) is 33.3. The maximum Gasteiger partial charge on any atom is 0.314 e. The Morgan fingerprint density at radius 2 is 1.83 bits per heavy atom. The second-order valence-electron chi connectivity index (χ2n) is 12.7. The summed E-state index contributed by atoms with van der Waals surface area (Å²) in [6.45, 7) is 10.8. The van der Waals surface area contributed by atoms with Crippen LogP contribution in [0.3, 0.4) is 0 Å². The maximum absolute atomic E-state index is 13.1. The van der Waals surface area contributed by atoms with Gasteiger partial charge in [0, 0.05) is 5.41 Å². The minimum absolute atomic E-state index is 0.0961. The molecule has 8 atom stereocenters. The van der Waals surface area contributed by atoms with E-state index in [1.807, 2.05) is 0 Å². The summed E-state index contributed by atoms with van der Waals surface area (Å²) in [7, 11) is 1.37. The molecule has 2 fully saturated rings. The molecule has 192 valence electrons. The molecule has 5 rings (SSSR count).